The first-order valence-corrected chi connectivity index (χ1v) is 41.1. The first-order chi connectivity index (χ1) is 45.6. The Morgan fingerprint density at radius 1 is 0.323 bits per heavy atom. The zero-order valence-corrected chi connectivity index (χ0v) is 62.9. The van der Waals surface area contributed by atoms with Crippen LogP contribution in [0.5, 0.6) is 0 Å². The van der Waals surface area contributed by atoms with Gasteiger partial charge in [-0.1, -0.05) is 378 Å². The van der Waals surface area contributed by atoms with E-state index in [-0.39, 0.29) is 32.2 Å². The van der Waals surface area contributed by atoms with Crippen LogP contribution in [-0.4, -0.2) is 82.3 Å². The van der Waals surface area contributed by atoms with Crippen LogP contribution in [0.3, 0.4) is 0 Å². The predicted octanol–water partition coefficient (Wildman–Crippen LogP) is 24.9. The molecule has 0 rings (SSSR count). The standard InChI is InChI=1S/C84H159NO8/c1-6-8-10-12-14-16-18-20-22-24-26-28-30-32-34-36-37-38-39-40-41-42-43-44-45-47-48-50-52-54-56-58-60-62-64-66-68-70-72-74-81(86)91-78-80(79-92-84(83(88)89)90-77-76-85(3,4)5)93-82(87)75-73-71-69-67-65-63-61-59-57-55-53-51-49-46-35-33-31-29-27-25-23-21-19-17-15-13-11-9-7-2/h19,21,24-27,80,84H,6-18,20,22-23,28-79H2,1-5H3/b21-19-,26-24-,27-25-. The van der Waals surface area contributed by atoms with E-state index in [1.807, 2.05) is 21.1 Å². The Hall–Kier alpha value is -2.49. The molecule has 0 amide bonds. The van der Waals surface area contributed by atoms with Crippen LogP contribution in [0.4, 0.5) is 0 Å². The number of quaternary nitrogens is 1. The van der Waals surface area contributed by atoms with Crippen LogP contribution in [0.15, 0.2) is 36.5 Å². The van der Waals surface area contributed by atoms with E-state index >= 15 is 0 Å². The molecule has 0 saturated heterocycles. The average molecular weight is 1310 g/mol. The van der Waals surface area contributed by atoms with Crippen molar-refractivity contribution < 1.29 is 42.9 Å². The number of esters is 2. The molecule has 9 nitrogen and oxygen atoms in total. The van der Waals surface area contributed by atoms with Crippen LogP contribution in [0.25, 0.3) is 0 Å². The smallest absolute Gasteiger partial charge is 0.306 e. The summed E-state index contributed by atoms with van der Waals surface area (Å²) in [6, 6.07) is 0. The molecule has 93 heavy (non-hydrogen) atoms. The number of hydrogen-bond donors (Lipinski definition) is 0. The van der Waals surface area contributed by atoms with Gasteiger partial charge in [-0.3, -0.25) is 9.59 Å². The van der Waals surface area contributed by atoms with Gasteiger partial charge in [0.2, 0.25) is 0 Å². The van der Waals surface area contributed by atoms with Crippen molar-refractivity contribution in [2.45, 2.75) is 437 Å². The van der Waals surface area contributed by atoms with Gasteiger partial charge >= 0.3 is 11.9 Å². The molecular weight excluding hydrogens is 1150 g/mol. The highest BCUT2D eigenvalue weighted by Crippen LogP contribution is 2.20. The molecule has 0 N–H and O–H groups in total. The monoisotopic (exact) mass is 1310 g/mol. The van der Waals surface area contributed by atoms with E-state index in [9.17, 15) is 19.5 Å². The second-order valence-corrected chi connectivity index (χ2v) is 29.4. The molecule has 9 heteroatoms. The minimum atomic E-state index is -1.62. The summed E-state index contributed by atoms with van der Waals surface area (Å²) in [7, 11) is 5.95. The summed E-state index contributed by atoms with van der Waals surface area (Å²) in [4.78, 5) is 37.6. The SMILES string of the molecule is CCCCCCC/C=C\C/C=C\CCCCCCCCCCCCCCCCCCCC(=O)OC(COC(=O)CCCCCCCCCCCCCCCCCCCCCCCCCCCCC/C=C\CCCCCCCCCC)COC(OCC[N+](C)(C)C)C(=O)[O-]. The van der Waals surface area contributed by atoms with Gasteiger partial charge in [-0.25, -0.2) is 0 Å². The first-order valence-electron chi connectivity index (χ1n) is 41.1. The van der Waals surface area contributed by atoms with Crippen molar-refractivity contribution in [3.8, 4) is 0 Å². The van der Waals surface area contributed by atoms with E-state index in [0.29, 0.717) is 17.4 Å². The fourth-order valence-electron chi connectivity index (χ4n) is 12.6. The molecule has 2 atom stereocenters. The molecule has 0 aliphatic rings. The lowest BCUT2D eigenvalue weighted by Gasteiger charge is -2.26. The Morgan fingerprint density at radius 3 is 0.860 bits per heavy atom. The molecule has 2 unspecified atom stereocenters. The Bertz CT molecular complexity index is 1620. The highest BCUT2D eigenvalue weighted by molar-refractivity contribution is 5.70. The van der Waals surface area contributed by atoms with Crippen molar-refractivity contribution in [1.29, 1.82) is 0 Å². The van der Waals surface area contributed by atoms with E-state index in [1.54, 1.807) is 0 Å². The molecule has 0 aromatic rings. The van der Waals surface area contributed by atoms with Gasteiger partial charge in [-0.05, 0) is 70.6 Å². The van der Waals surface area contributed by atoms with Crippen molar-refractivity contribution >= 4 is 17.9 Å². The highest BCUT2D eigenvalue weighted by Gasteiger charge is 2.22. The molecule has 0 radical (unpaired) electrons. The lowest BCUT2D eigenvalue weighted by Crippen LogP contribution is -2.44. The Kier molecular flexibility index (Phi) is 73.3. The number of carboxylic acids is 1. The van der Waals surface area contributed by atoms with Crippen molar-refractivity contribution in [3.63, 3.8) is 0 Å². The third-order valence-electron chi connectivity index (χ3n) is 18.9. The zero-order chi connectivity index (χ0) is 67.5. The Labute approximate surface area is 579 Å². The lowest BCUT2D eigenvalue weighted by molar-refractivity contribution is -0.870. The molecule has 0 bridgehead atoms. The maximum atomic E-state index is 13.0. The summed E-state index contributed by atoms with van der Waals surface area (Å²) in [6.45, 7) is 4.82. The second-order valence-electron chi connectivity index (χ2n) is 29.4. The van der Waals surface area contributed by atoms with Gasteiger partial charge < -0.3 is 33.3 Å². The number of carbonyl (C=O) groups is 3. The zero-order valence-electron chi connectivity index (χ0n) is 62.9. The van der Waals surface area contributed by atoms with Gasteiger partial charge in [0.25, 0.3) is 0 Å². The van der Waals surface area contributed by atoms with E-state index in [4.69, 9.17) is 18.9 Å². The van der Waals surface area contributed by atoms with Gasteiger partial charge in [-0.15, -0.1) is 0 Å². The number of rotatable bonds is 78. The molecular formula is C84H159NO8. The van der Waals surface area contributed by atoms with Crippen LogP contribution < -0.4 is 5.11 Å². The fourth-order valence-corrected chi connectivity index (χ4v) is 12.6. The van der Waals surface area contributed by atoms with Crippen molar-refractivity contribution in [2.75, 3.05) is 47.5 Å². The van der Waals surface area contributed by atoms with Gasteiger partial charge in [-0.2, -0.15) is 0 Å². The number of allylic oxidation sites excluding steroid dienone is 6. The summed E-state index contributed by atoms with van der Waals surface area (Å²) in [5, 5.41) is 11.9. The molecule has 0 heterocycles. The van der Waals surface area contributed by atoms with Gasteiger partial charge in [0.1, 0.15) is 13.2 Å². The first kappa shape index (κ1) is 90.5. The third kappa shape index (κ3) is 76.7. The number of hydrogen-bond acceptors (Lipinski definition) is 8. The molecule has 0 spiro atoms. The van der Waals surface area contributed by atoms with Gasteiger partial charge in [0.15, 0.2) is 12.4 Å². The number of likely N-dealkylation sites (N-methyl/N-ethyl adjacent to an activating group) is 1. The normalized spacial score (nSPS) is 12.7. The summed E-state index contributed by atoms with van der Waals surface area (Å²) >= 11 is 0. The average Bonchev–Trinajstić information content (AvgIpc) is 3.74. The van der Waals surface area contributed by atoms with E-state index in [0.717, 1.165) is 44.9 Å². The van der Waals surface area contributed by atoms with E-state index in [2.05, 4.69) is 50.3 Å². The van der Waals surface area contributed by atoms with Crippen LogP contribution >= 0.6 is 0 Å². The van der Waals surface area contributed by atoms with E-state index in [1.165, 1.54) is 353 Å². The number of carboxylic acid groups (broad SMARTS) is 1. The lowest BCUT2D eigenvalue weighted by atomic mass is 10.0. The number of carbonyl (C=O) groups excluding carboxylic acids is 3. The van der Waals surface area contributed by atoms with Gasteiger partial charge in [0.05, 0.1) is 40.3 Å². The number of nitrogens with zero attached hydrogens (tertiary/aromatic N) is 1. The minimum Gasteiger partial charge on any atom is -0.545 e. The molecule has 0 aliphatic carbocycles. The number of unbranched alkanes of at least 4 members (excludes halogenated alkanes) is 57. The van der Waals surface area contributed by atoms with E-state index < -0.39 is 24.3 Å². The fraction of sp³-hybridized carbons (Fsp3) is 0.893. The van der Waals surface area contributed by atoms with Gasteiger partial charge in [0, 0.05) is 12.8 Å². The summed E-state index contributed by atoms with van der Waals surface area (Å²) < 4.78 is 22.9. The molecule has 0 fully saturated rings. The second kappa shape index (κ2) is 75.3. The molecule has 548 valence electrons. The minimum absolute atomic E-state index is 0.151. The highest BCUT2D eigenvalue weighted by atomic mass is 16.7. The maximum absolute atomic E-state index is 13.0. The topological polar surface area (TPSA) is 111 Å². The Balaban J connectivity index is 3.93. The summed E-state index contributed by atoms with van der Waals surface area (Å²) in [5.41, 5.74) is 0. The third-order valence-corrected chi connectivity index (χ3v) is 18.9. The molecule has 0 aromatic heterocycles. The quantitative estimate of drug-likeness (QED) is 0.0195. The molecule has 0 aliphatic heterocycles. The van der Waals surface area contributed by atoms with Crippen LogP contribution in [-0.2, 0) is 33.3 Å². The van der Waals surface area contributed by atoms with Crippen LogP contribution in [0.2, 0.25) is 0 Å². The largest absolute Gasteiger partial charge is 0.545 e. The Morgan fingerprint density at radius 2 is 0.581 bits per heavy atom. The van der Waals surface area contributed by atoms with Crippen LogP contribution in [0.1, 0.15) is 425 Å². The predicted molar refractivity (Wildman–Crippen MR) is 399 cm³/mol. The van der Waals surface area contributed by atoms with Crippen molar-refractivity contribution in [3.05, 3.63) is 36.5 Å². The van der Waals surface area contributed by atoms with Crippen molar-refractivity contribution in [2.24, 2.45) is 0 Å². The molecule has 0 aromatic carbocycles. The number of ether oxygens (including phenoxy) is 4. The molecule has 0 saturated carbocycles. The summed E-state index contributed by atoms with van der Waals surface area (Å²) in [6.07, 6.45) is 94.3. The summed E-state index contributed by atoms with van der Waals surface area (Å²) in [5.74, 6) is -2.25. The van der Waals surface area contributed by atoms with Crippen LogP contribution in [0, 0.1) is 0 Å². The number of aliphatic carboxylic acids is 1. The maximum Gasteiger partial charge on any atom is 0.306 e. The van der Waals surface area contributed by atoms with Crippen molar-refractivity contribution in [1.82, 2.24) is 0 Å².